The highest BCUT2D eigenvalue weighted by atomic mass is 32.2. The van der Waals surface area contributed by atoms with E-state index in [1.165, 1.54) is 0 Å². The predicted molar refractivity (Wildman–Crippen MR) is 100 cm³/mol. The fourth-order valence-corrected chi connectivity index (χ4v) is 5.08. The first-order valence-corrected chi connectivity index (χ1v) is 10.6. The van der Waals surface area contributed by atoms with Gasteiger partial charge in [-0.2, -0.15) is 0 Å². The molecule has 1 saturated heterocycles. The normalized spacial score (nSPS) is 15.4. The van der Waals surface area contributed by atoms with Gasteiger partial charge in [0.1, 0.15) is 12.1 Å². The zero-order valence-corrected chi connectivity index (χ0v) is 15.1. The maximum atomic E-state index is 12.3. The topological polar surface area (TPSA) is 75.2 Å². The summed E-state index contributed by atoms with van der Waals surface area (Å²) in [5, 5.41) is 1.99. The number of nitrogens with zero attached hydrogens (tertiary/aromatic N) is 3. The second-order valence-electron chi connectivity index (χ2n) is 6.11. The molecule has 8 heteroatoms. The summed E-state index contributed by atoms with van der Waals surface area (Å²) in [6.07, 6.45) is 2.08. The van der Waals surface area contributed by atoms with Gasteiger partial charge in [0, 0.05) is 13.1 Å². The quantitative estimate of drug-likeness (QED) is 0.715. The molecule has 3 heterocycles. The number of thiophene rings is 1. The van der Waals surface area contributed by atoms with Crippen LogP contribution in [0.5, 0.6) is 0 Å². The van der Waals surface area contributed by atoms with Gasteiger partial charge in [-0.1, -0.05) is 30.3 Å². The van der Waals surface area contributed by atoms with Crippen molar-refractivity contribution < 1.29 is 8.42 Å². The molecule has 0 amide bonds. The Labute approximate surface area is 150 Å². The second kappa shape index (κ2) is 6.70. The van der Waals surface area contributed by atoms with Crippen LogP contribution in [0, 0.1) is 0 Å². The zero-order valence-electron chi connectivity index (χ0n) is 13.5. The molecule has 0 saturated carbocycles. The first-order chi connectivity index (χ1) is 12.1. The third-order valence-corrected chi connectivity index (χ3v) is 6.59. The predicted octanol–water partition coefficient (Wildman–Crippen LogP) is 2.04. The number of hydrogen-bond acceptors (Lipinski definition) is 6. The number of sulfonamides is 1. The highest BCUT2D eigenvalue weighted by molar-refractivity contribution is 7.89. The summed E-state index contributed by atoms with van der Waals surface area (Å²) in [6, 6.07) is 11.6. The van der Waals surface area contributed by atoms with E-state index in [1.54, 1.807) is 17.7 Å². The standard InChI is InChI=1S/C17H18N4O2S2/c22-25(23,9-7-13-4-2-1-3-5-13)20-14-10-21(11-14)17-16-15(6-8-24-16)18-12-19-17/h1-6,8,12,14,20H,7,9-11H2. The highest BCUT2D eigenvalue weighted by Crippen LogP contribution is 2.30. The fourth-order valence-electron chi connectivity index (χ4n) is 2.94. The van der Waals surface area contributed by atoms with Gasteiger partial charge in [0.25, 0.3) is 0 Å². The number of aromatic nitrogens is 2. The maximum absolute atomic E-state index is 12.3. The molecule has 1 aliphatic rings. The average Bonchev–Trinajstić information content (AvgIpc) is 3.06. The van der Waals surface area contributed by atoms with Gasteiger partial charge < -0.3 is 4.90 Å². The number of benzene rings is 1. The van der Waals surface area contributed by atoms with E-state index in [1.807, 2.05) is 41.8 Å². The Morgan fingerprint density at radius 1 is 1.16 bits per heavy atom. The third-order valence-electron chi connectivity index (χ3n) is 4.25. The van der Waals surface area contributed by atoms with E-state index in [-0.39, 0.29) is 11.8 Å². The van der Waals surface area contributed by atoms with Crippen molar-refractivity contribution in [2.24, 2.45) is 0 Å². The molecule has 0 aliphatic carbocycles. The minimum atomic E-state index is -3.28. The zero-order chi connectivity index (χ0) is 17.3. The molecule has 0 radical (unpaired) electrons. The van der Waals surface area contributed by atoms with Crippen molar-refractivity contribution in [3.05, 3.63) is 53.7 Å². The van der Waals surface area contributed by atoms with Gasteiger partial charge in [-0.25, -0.2) is 23.1 Å². The number of fused-ring (bicyclic) bond motifs is 1. The lowest BCUT2D eigenvalue weighted by atomic mass is 10.1. The number of aryl methyl sites for hydroxylation is 1. The molecule has 1 N–H and O–H groups in total. The van der Waals surface area contributed by atoms with Crippen LogP contribution < -0.4 is 9.62 Å². The Hall–Kier alpha value is -2.03. The van der Waals surface area contributed by atoms with Crippen LogP contribution in [0.4, 0.5) is 5.82 Å². The average molecular weight is 374 g/mol. The number of hydrogen-bond donors (Lipinski definition) is 1. The van der Waals surface area contributed by atoms with Gasteiger partial charge in [-0.05, 0) is 23.4 Å². The van der Waals surface area contributed by atoms with Crippen LogP contribution in [0.25, 0.3) is 10.2 Å². The lowest BCUT2D eigenvalue weighted by Crippen LogP contribution is -2.60. The summed E-state index contributed by atoms with van der Waals surface area (Å²) in [6.45, 7) is 1.27. The van der Waals surface area contributed by atoms with Crippen molar-refractivity contribution in [1.29, 1.82) is 0 Å². The van der Waals surface area contributed by atoms with Crippen LogP contribution >= 0.6 is 11.3 Å². The molecule has 0 spiro atoms. The molecular weight excluding hydrogens is 356 g/mol. The monoisotopic (exact) mass is 374 g/mol. The summed E-state index contributed by atoms with van der Waals surface area (Å²) < 4.78 is 28.4. The van der Waals surface area contributed by atoms with Gasteiger partial charge in [-0.3, -0.25) is 0 Å². The van der Waals surface area contributed by atoms with Gasteiger partial charge in [0.05, 0.1) is 22.0 Å². The highest BCUT2D eigenvalue weighted by Gasteiger charge is 2.32. The number of rotatable bonds is 6. The van der Waals surface area contributed by atoms with E-state index < -0.39 is 10.0 Å². The lowest BCUT2D eigenvalue weighted by Gasteiger charge is -2.40. The summed E-state index contributed by atoms with van der Waals surface area (Å²) in [5.41, 5.74) is 1.96. The molecular formula is C17H18N4O2S2. The van der Waals surface area contributed by atoms with E-state index in [2.05, 4.69) is 19.6 Å². The first kappa shape index (κ1) is 16.4. The van der Waals surface area contributed by atoms with Gasteiger partial charge in [-0.15, -0.1) is 11.3 Å². The molecule has 130 valence electrons. The maximum Gasteiger partial charge on any atom is 0.212 e. The van der Waals surface area contributed by atoms with Crippen molar-refractivity contribution in [3.63, 3.8) is 0 Å². The molecule has 1 aromatic carbocycles. The smallest absolute Gasteiger partial charge is 0.212 e. The van der Waals surface area contributed by atoms with Crippen molar-refractivity contribution in [1.82, 2.24) is 14.7 Å². The number of nitrogens with one attached hydrogen (secondary N) is 1. The molecule has 25 heavy (non-hydrogen) atoms. The van der Waals surface area contributed by atoms with Gasteiger partial charge >= 0.3 is 0 Å². The summed E-state index contributed by atoms with van der Waals surface area (Å²) in [4.78, 5) is 10.7. The molecule has 1 aliphatic heterocycles. The minimum Gasteiger partial charge on any atom is -0.352 e. The van der Waals surface area contributed by atoms with Crippen molar-refractivity contribution >= 4 is 37.4 Å². The Balaban J connectivity index is 1.34. The van der Waals surface area contributed by atoms with Crippen LogP contribution in [0.1, 0.15) is 5.56 Å². The molecule has 0 bridgehead atoms. The van der Waals surface area contributed by atoms with Crippen molar-refractivity contribution in [2.75, 3.05) is 23.7 Å². The van der Waals surface area contributed by atoms with Crippen LogP contribution in [0.15, 0.2) is 48.1 Å². The van der Waals surface area contributed by atoms with Gasteiger partial charge in [0.15, 0.2) is 0 Å². The molecule has 3 aromatic rings. The van der Waals surface area contributed by atoms with E-state index in [0.717, 1.165) is 21.6 Å². The first-order valence-electron chi connectivity index (χ1n) is 8.08. The molecule has 0 unspecified atom stereocenters. The van der Waals surface area contributed by atoms with Crippen molar-refractivity contribution in [3.8, 4) is 0 Å². The van der Waals surface area contributed by atoms with E-state index in [4.69, 9.17) is 0 Å². The Morgan fingerprint density at radius 2 is 1.96 bits per heavy atom. The molecule has 2 aromatic heterocycles. The minimum absolute atomic E-state index is 0.0641. The molecule has 0 atom stereocenters. The molecule has 6 nitrogen and oxygen atoms in total. The SMILES string of the molecule is O=S(=O)(CCc1ccccc1)NC1CN(c2ncnc3ccsc23)C1. The summed E-state index contributed by atoms with van der Waals surface area (Å²) in [7, 11) is -3.28. The van der Waals surface area contributed by atoms with E-state index in [0.29, 0.717) is 19.5 Å². The summed E-state index contributed by atoms with van der Waals surface area (Å²) >= 11 is 1.61. The Bertz CT molecular complexity index is 966. The molecule has 4 rings (SSSR count). The largest absolute Gasteiger partial charge is 0.352 e. The van der Waals surface area contributed by atoms with E-state index in [9.17, 15) is 8.42 Å². The van der Waals surface area contributed by atoms with Crippen LogP contribution in [0.3, 0.4) is 0 Å². The fraction of sp³-hybridized carbons (Fsp3) is 0.294. The Kier molecular flexibility index (Phi) is 4.41. The summed E-state index contributed by atoms with van der Waals surface area (Å²) in [5.74, 6) is 0.996. The van der Waals surface area contributed by atoms with Crippen LogP contribution in [-0.4, -0.2) is 43.3 Å². The Morgan fingerprint density at radius 3 is 2.76 bits per heavy atom. The van der Waals surface area contributed by atoms with Gasteiger partial charge in [0.2, 0.25) is 10.0 Å². The van der Waals surface area contributed by atoms with Crippen LogP contribution in [0.2, 0.25) is 0 Å². The third kappa shape index (κ3) is 3.65. The lowest BCUT2D eigenvalue weighted by molar-refractivity contribution is 0.467. The second-order valence-corrected chi connectivity index (χ2v) is 8.90. The van der Waals surface area contributed by atoms with E-state index >= 15 is 0 Å². The van der Waals surface area contributed by atoms with Crippen LogP contribution in [-0.2, 0) is 16.4 Å². The van der Waals surface area contributed by atoms with Crippen molar-refractivity contribution in [2.45, 2.75) is 12.5 Å². The number of anilines is 1. The molecule has 1 fully saturated rings.